The molecule has 0 aliphatic heterocycles. The van der Waals surface area contributed by atoms with Gasteiger partial charge >= 0.3 is 11.9 Å². The Bertz CT molecular complexity index is 460. The molecule has 0 saturated carbocycles. The first-order chi connectivity index (χ1) is 8.82. The summed E-state index contributed by atoms with van der Waals surface area (Å²) in [6, 6.07) is 3.74. The lowest BCUT2D eigenvalue weighted by molar-refractivity contribution is -0.141. The van der Waals surface area contributed by atoms with Crippen LogP contribution in [0.4, 0.5) is 0 Å². The Morgan fingerprint density at radius 2 is 1.58 bits per heavy atom. The number of aliphatic hydroxyl groups is 1. The van der Waals surface area contributed by atoms with Crippen LogP contribution < -0.4 is 11.5 Å². The van der Waals surface area contributed by atoms with Crippen LogP contribution in [-0.4, -0.2) is 39.3 Å². The highest BCUT2D eigenvalue weighted by atomic mass is 16.4. The summed E-state index contributed by atoms with van der Waals surface area (Å²) in [4.78, 5) is 21.2. The summed E-state index contributed by atoms with van der Waals surface area (Å²) in [5.41, 5.74) is 11.7. The van der Waals surface area contributed by atoms with Crippen LogP contribution in [0.15, 0.2) is 24.3 Å². The smallest absolute Gasteiger partial charge is 0.323 e. The van der Waals surface area contributed by atoms with E-state index in [4.69, 9.17) is 21.7 Å². The summed E-state index contributed by atoms with van der Waals surface area (Å²) in [5.74, 6) is -2.40. The highest BCUT2D eigenvalue weighted by molar-refractivity contribution is 5.74. The Balaban J connectivity index is 2.76. The topological polar surface area (TPSA) is 147 Å². The molecular formula is C12H16N2O5. The monoisotopic (exact) mass is 268 g/mol. The van der Waals surface area contributed by atoms with E-state index >= 15 is 0 Å². The van der Waals surface area contributed by atoms with Crippen LogP contribution >= 0.6 is 0 Å². The Morgan fingerprint density at radius 1 is 1.05 bits per heavy atom. The zero-order valence-electron chi connectivity index (χ0n) is 10.1. The van der Waals surface area contributed by atoms with Crippen LogP contribution in [0.1, 0.15) is 17.2 Å². The molecule has 0 amide bonds. The molecule has 0 heterocycles. The number of carboxylic acids is 2. The second kappa shape index (κ2) is 6.28. The van der Waals surface area contributed by atoms with E-state index in [0.717, 1.165) is 0 Å². The highest BCUT2D eigenvalue weighted by Gasteiger charge is 2.23. The lowest BCUT2D eigenvalue weighted by Crippen LogP contribution is -2.36. The molecular weight excluding hydrogens is 252 g/mol. The van der Waals surface area contributed by atoms with Gasteiger partial charge in [-0.05, 0) is 17.5 Å². The van der Waals surface area contributed by atoms with Crippen molar-refractivity contribution < 1.29 is 24.9 Å². The molecule has 1 aromatic carbocycles. The number of carboxylic acid groups (broad SMARTS) is 2. The number of benzene rings is 1. The summed E-state index contributed by atoms with van der Waals surface area (Å²) < 4.78 is 0. The van der Waals surface area contributed by atoms with Gasteiger partial charge in [0.05, 0.1) is 0 Å². The summed E-state index contributed by atoms with van der Waals surface area (Å²) >= 11 is 0. The van der Waals surface area contributed by atoms with Crippen molar-refractivity contribution in [1.82, 2.24) is 0 Å². The van der Waals surface area contributed by atoms with Gasteiger partial charge in [0.25, 0.3) is 0 Å². The molecule has 0 fully saturated rings. The summed E-state index contributed by atoms with van der Waals surface area (Å²) in [6.07, 6.45) is -1.17. The Morgan fingerprint density at radius 3 is 2.00 bits per heavy atom. The molecule has 0 saturated heterocycles. The van der Waals surface area contributed by atoms with Crippen LogP contribution in [-0.2, 0) is 16.0 Å². The van der Waals surface area contributed by atoms with Crippen LogP contribution in [0, 0.1) is 0 Å². The first-order valence-electron chi connectivity index (χ1n) is 5.56. The fourth-order valence-electron chi connectivity index (χ4n) is 1.53. The number of hydrogen-bond acceptors (Lipinski definition) is 5. The Kier molecular flexibility index (Phi) is 4.99. The molecule has 0 aromatic heterocycles. The van der Waals surface area contributed by atoms with E-state index in [2.05, 4.69) is 0 Å². The van der Waals surface area contributed by atoms with Crippen molar-refractivity contribution in [2.75, 3.05) is 0 Å². The van der Waals surface area contributed by atoms with Crippen LogP contribution in [0.2, 0.25) is 0 Å². The molecule has 0 bridgehead atoms. The SMILES string of the molecule is N[C@H](C(=O)O)[C@@H](O)c1ccc(C[C@H](N)C(=O)O)cc1. The maximum atomic E-state index is 10.6. The minimum atomic E-state index is -1.41. The van der Waals surface area contributed by atoms with Gasteiger partial charge in [-0.2, -0.15) is 0 Å². The number of aliphatic carboxylic acids is 2. The average Bonchev–Trinajstić information content (AvgIpc) is 2.37. The van der Waals surface area contributed by atoms with Gasteiger partial charge in [0.15, 0.2) is 0 Å². The van der Waals surface area contributed by atoms with Crippen LogP contribution in [0.3, 0.4) is 0 Å². The molecule has 7 heteroatoms. The van der Waals surface area contributed by atoms with Crippen molar-refractivity contribution in [3.8, 4) is 0 Å². The van der Waals surface area contributed by atoms with Crippen molar-refractivity contribution in [3.05, 3.63) is 35.4 Å². The molecule has 1 rings (SSSR count). The minimum absolute atomic E-state index is 0.149. The van der Waals surface area contributed by atoms with Crippen molar-refractivity contribution in [2.45, 2.75) is 24.6 Å². The van der Waals surface area contributed by atoms with Crippen molar-refractivity contribution >= 4 is 11.9 Å². The predicted molar refractivity (Wildman–Crippen MR) is 66.3 cm³/mol. The standard InChI is InChI=1S/C12H16N2O5/c13-8(11(16)17)5-6-1-3-7(4-2-6)10(15)9(14)12(18)19/h1-4,8-10,15H,5,13-14H2,(H,16,17)(H,18,19)/t8-,9-,10-/m0/s1. The van der Waals surface area contributed by atoms with Gasteiger partial charge in [-0.25, -0.2) is 0 Å². The number of rotatable bonds is 6. The third-order valence-electron chi connectivity index (χ3n) is 2.72. The van der Waals surface area contributed by atoms with Crippen LogP contribution in [0.25, 0.3) is 0 Å². The van der Waals surface area contributed by atoms with E-state index in [-0.39, 0.29) is 6.42 Å². The summed E-state index contributed by atoms with van der Waals surface area (Å²) in [7, 11) is 0. The summed E-state index contributed by atoms with van der Waals surface area (Å²) in [6.45, 7) is 0. The molecule has 3 atom stereocenters. The summed E-state index contributed by atoms with van der Waals surface area (Å²) in [5, 5.41) is 27.1. The van der Waals surface area contributed by atoms with Crippen molar-refractivity contribution in [3.63, 3.8) is 0 Å². The van der Waals surface area contributed by atoms with E-state index in [0.29, 0.717) is 11.1 Å². The molecule has 19 heavy (non-hydrogen) atoms. The second-order valence-electron chi connectivity index (χ2n) is 4.20. The zero-order valence-corrected chi connectivity index (χ0v) is 10.1. The zero-order chi connectivity index (χ0) is 14.6. The predicted octanol–water partition coefficient (Wildman–Crippen LogP) is -0.914. The van der Waals surface area contributed by atoms with Gasteiger partial charge in [-0.3, -0.25) is 9.59 Å². The quantitative estimate of drug-likeness (QED) is 0.448. The third kappa shape index (κ3) is 4.02. The van der Waals surface area contributed by atoms with E-state index in [1.165, 1.54) is 12.1 Å². The van der Waals surface area contributed by atoms with Crippen molar-refractivity contribution in [2.24, 2.45) is 11.5 Å². The normalized spacial score (nSPS) is 15.5. The molecule has 0 radical (unpaired) electrons. The van der Waals surface area contributed by atoms with Gasteiger partial charge in [0.2, 0.25) is 0 Å². The van der Waals surface area contributed by atoms with Gasteiger partial charge in [-0.1, -0.05) is 24.3 Å². The highest BCUT2D eigenvalue weighted by Crippen LogP contribution is 2.17. The molecule has 1 aromatic rings. The van der Waals surface area contributed by atoms with E-state index in [9.17, 15) is 14.7 Å². The van der Waals surface area contributed by atoms with Gasteiger partial charge in [-0.15, -0.1) is 0 Å². The lowest BCUT2D eigenvalue weighted by Gasteiger charge is -2.15. The van der Waals surface area contributed by atoms with Gasteiger partial charge in [0, 0.05) is 0 Å². The van der Waals surface area contributed by atoms with Crippen molar-refractivity contribution in [1.29, 1.82) is 0 Å². The molecule has 104 valence electrons. The molecule has 0 aliphatic carbocycles. The number of hydrogen-bond donors (Lipinski definition) is 5. The lowest BCUT2D eigenvalue weighted by atomic mass is 9.99. The molecule has 7 nitrogen and oxygen atoms in total. The number of carbonyl (C=O) groups is 2. The van der Waals surface area contributed by atoms with E-state index < -0.39 is 30.1 Å². The molecule has 0 aliphatic rings. The number of aliphatic hydroxyl groups excluding tert-OH is 1. The second-order valence-corrected chi connectivity index (χ2v) is 4.20. The van der Waals surface area contributed by atoms with Gasteiger partial charge < -0.3 is 26.8 Å². The van der Waals surface area contributed by atoms with E-state index in [1.54, 1.807) is 12.1 Å². The van der Waals surface area contributed by atoms with Gasteiger partial charge in [0.1, 0.15) is 18.2 Å². The Hall–Kier alpha value is -1.96. The maximum Gasteiger partial charge on any atom is 0.323 e. The average molecular weight is 268 g/mol. The molecule has 0 spiro atoms. The van der Waals surface area contributed by atoms with E-state index in [1.807, 2.05) is 0 Å². The molecule has 7 N–H and O–H groups in total. The third-order valence-corrected chi connectivity index (χ3v) is 2.72. The number of nitrogens with two attached hydrogens (primary N) is 2. The minimum Gasteiger partial charge on any atom is -0.480 e. The first-order valence-corrected chi connectivity index (χ1v) is 5.56. The van der Waals surface area contributed by atoms with Crippen LogP contribution in [0.5, 0.6) is 0 Å². The first kappa shape index (κ1) is 15.1. The fraction of sp³-hybridized carbons (Fsp3) is 0.333. The fourth-order valence-corrected chi connectivity index (χ4v) is 1.53. The molecule has 0 unspecified atom stereocenters. The maximum absolute atomic E-state index is 10.6. The Labute approximate surface area is 109 Å². The largest absolute Gasteiger partial charge is 0.480 e.